The van der Waals surface area contributed by atoms with E-state index >= 15 is 0 Å². The Balaban J connectivity index is 1.86. The van der Waals surface area contributed by atoms with Gasteiger partial charge in [-0.15, -0.1) is 0 Å². The van der Waals surface area contributed by atoms with Gasteiger partial charge in [0.15, 0.2) is 0 Å². The number of rotatable bonds is 8. The molecule has 0 aliphatic heterocycles. The lowest BCUT2D eigenvalue weighted by molar-refractivity contribution is -0.116. The molecule has 2 aromatic carbocycles. The van der Waals surface area contributed by atoms with Crippen molar-refractivity contribution in [2.45, 2.75) is 20.3 Å². The van der Waals surface area contributed by atoms with E-state index in [1.54, 1.807) is 18.0 Å². The van der Waals surface area contributed by atoms with E-state index < -0.39 is 0 Å². The third-order valence-corrected chi connectivity index (χ3v) is 3.77. The summed E-state index contributed by atoms with van der Waals surface area (Å²) in [4.78, 5) is 25.0. The van der Waals surface area contributed by atoms with Crippen LogP contribution in [-0.4, -0.2) is 32.0 Å². The molecular weight excluding hydrogens is 330 g/mol. The van der Waals surface area contributed by atoms with Gasteiger partial charge < -0.3 is 20.3 Å². The van der Waals surface area contributed by atoms with Crippen LogP contribution in [0.3, 0.4) is 0 Å². The van der Waals surface area contributed by atoms with E-state index in [4.69, 9.17) is 4.74 Å². The van der Waals surface area contributed by atoms with Crippen molar-refractivity contribution in [1.29, 1.82) is 0 Å². The predicted octanol–water partition coefficient (Wildman–Crippen LogP) is 3.51. The fraction of sp³-hybridized carbons (Fsp3) is 0.300. The molecule has 2 aromatic rings. The first-order valence-electron chi connectivity index (χ1n) is 8.60. The van der Waals surface area contributed by atoms with E-state index in [0.29, 0.717) is 12.3 Å². The molecule has 138 valence electrons. The van der Waals surface area contributed by atoms with Crippen LogP contribution in [0.5, 0.6) is 5.75 Å². The first kappa shape index (κ1) is 19.3. The van der Waals surface area contributed by atoms with Crippen LogP contribution in [0.15, 0.2) is 48.5 Å². The largest absolute Gasteiger partial charge is 0.494 e. The zero-order chi connectivity index (χ0) is 18.9. The maximum Gasteiger partial charge on any atom is 0.243 e. The molecule has 2 N–H and O–H groups in total. The molecule has 6 nitrogen and oxygen atoms in total. The summed E-state index contributed by atoms with van der Waals surface area (Å²) in [5.41, 5.74) is 2.31. The quantitative estimate of drug-likeness (QED) is 0.760. The molecule has 2 amide bonds. The van der Waals surface area contributed by atoms with Crippen molar-refractivity contribution in [3.05, 3.63) is 48.5 Å². The van der Waals surface area contributed by atoms with Crippen LogP contribution < -0.4 is 20.3 Å². The Morgan fingerprint density at radius 1 is 1.08 bits per heavy atom. The van der Waals surface area contributed by atoms with Gasteiger partial charge in [0.2, 0.25) is 11.8 Å². The normalized spacial score (nSPS) is 10.1. The van der Waals surface area contributed by atoms with Crippen LogP contribution in [0.25, 0.3) is 0 Å². The zero-order valence-electron chi connectivity index (χ0n) is 15.4. The van der Waals surface area contributed by atoms with E-state index in [-0.39, 0.29) is 18.4 Å². The summed E-state index contributed by atoms with van der Waals surface area (Å²) in [5.74, 6) is 0.556. The molecule has 0 unspecified atom stereocenters. The topological polar surface area (TPSA) is 70.7 Å². The Morgan fingerprint density at radius 3 is 2.46 bits per heavy atom. The zero-order valence-corrected chi connectivity index (χ0v) is 15.4. The summed E-state index contributed by atoms with van der Waals surface area (Å²) >= 11 is 0. The maximum atomic E-state index is 12.1. The number of carbonyl (C=O) groups is 2. The molecule has 0 aliphatic rings. The molecule has 0 fully saturated rings. The Morgan fingerprint density at radius 2 is 1.81 bits per heavy atom. The van der Waals surface area contributed by atoms with Crippen LogP contribution in [0.1, 0.15) is 20.3 Å². The lowest BCUT2D eigenvalue weighted by Gasteiger charge is -2.15. The fourth-order valence-corrected chi connectivity index (χ4v) is 2.26. The van der Waals surface area contributed by atoms with Crippen molar-refractivity contribution in [2.75, 3.05) is 35.7 Å². The second-order valence-electron chi connectivity index (χ2n) is 5.90. The van der Waals surface area contributed by atoms with Gasteiger partial charge in [-0.05, 0) is 42.8 Å². The molecule has 2 rings (SSSR count). The minimum Gasteiger partial charge on any atom is -0.494 e. The van der Waals surface area contributed by atoms with Gasteiger partial charge in [-0.25, -0.2) is 0 Å². The van der Waals surface area contributed by atoms with Crippen LogP contribution in [0.2, 0.25) is 0 Å². The molecule has 0 saturated heterocycles. The number of benzene rings is 2. The monoisotopic (exact) mass is 355 g/mol. The molecule has 0 saturated carbocycles. The Labute approximate surface area is 154 Å². The molecule has 0 heterocycles. The first-order chi connectivity index (χ1) is 12.5. The minimum absolute atomic E-state index is 0.0322. The Hall–Kier alpha value is -3.02. The summed E-state index contributed by atoms with van der Waals surface area (Å²) in [6.07, 6.45) is 0.932. The van der Waals surface area contributed by atoms with Crippen molar-refractivity contribution in [3.8, 4) is 5.75 Å². The molecule has 0 radical (unpaired) electrons. The number of hydrogen-bond acceptors (Lipinski definition) is 4. The van der Waals surface area contributed by atoms with E-state index in [9.17, 15) is 9.59 Å². The SMILES string of the molecule is CCCOc1cccc(NC(=O)CNc2ccc(N(C)C(C)=O)cc2)c1. The smallest absolute Gasteiger partial charge is 0.243 e. The van der Waals surface area contributed by atoms with Gasteiger partial charge in [0.25, 0.3) is 0 Å². The maximum absolute atomic E-state index is 12.1. The lowest BCUT2D eigenvalue weighted by atomic mass is 10.2. The second-order valence-corrected chi connectivity index (χ2v) is 5.90. The van der Waals surface area contributed by atoms with Crippen molar-refractivity contribution in [1.82, 2.24) is 0 Å². The highest BCUT2D eigenvalue weighted by atomic mass is 16.5. The number of carbonyl (C=O) groups excluding carboxylic acids is 2. The average molecular weight is 355 g/mol. The molecule has 0 aliphatic carbocycles. The highest BCUT2D eigenvalue weighted by Gasteiger charge is 2.06. The molecule has 0 bridgehead atoms. The minimum atomic E-state index is -0.150. The van der Waals surface area contributed by atoms with Gasteiger partial charge >= 0.3 is 0 Å². The molecule has 0 spiro atoms. The number of nitrogens with one attached hydrogen (secondary N) is 2. The number of ether oxygens (including phenoxy) is 1. The van der Waals surface area contributed by atoms with Crippen molar-refractivity contribution < 1.29 is 14.3 Å². The highest BCUT2D eigenvalue weighted by molar-refractivity contribution is 5.94. The van der Waals surface area contributed by atoms with Gasteiger partial charge in [-0.3, -0.25) is 9.59 Å². The van der Waals surface area contributed by atoms with Crippen molar-refractivity contribution in [2.24, 2.45) is 0 Å². The second kappa shape index (κ2) is 9.46. The van der Waals surface area contributed by atoms with Crippen LogP contribution >= 0.6 is 0 Å². The summed E-state index contributed by atoms with van der Waals surface area (Å²) in [6.45, 7) is 4.34. The predicted molar refractivity (Wildman–Crippen MR) is 105 cm³/mol. The van der Waals surface area contributed by atoms with Gasteiger partial charge in [-0.1, -0.05) is 13.0 Å². The van der Waals surface area contributed by atoms with Crippen LogP contribution in [0.4, 0.5) is 17.1 Å². The summed E-state index contributed by atoms with van der Waals surface area (Å²) in [6, 6.07) is 14.7. The molecule has 0 atom stereocenters. The third kappa shape index (κ3) is 5.81. The number of anilines is 3. The lowest BCUT2D eigenvalue weighted by Crippen LogP contribution is -2.23. The van der Waals surface area contributed by atoms with Gasteiger partial charge in [-0.2, -0.15) is 0 Å². The van der Waals surface area contributed by atoms with Crippen molar-refractivity contribution >= 4 is 28.9 Å². The first-order valence-corrected chi connectivity index (χ1v) is 8.60. The standard InChI is InChI=1S/C20H25N3O3/c1-4-12-26-19-7-5-6-17(13-19)22-20(25)14-21-16-8-10-18(11-9-16)23(3)15(2)24/h5-11,13,21H,4,12,14H2,1-3H3,(H,22,25). The summed E-state index contributed by atoms with van der Waals surface area (Å²) < 4.78 is 5.56. The third-order valence-electron chi connectivity index (χ3n) is 3.77. The fourth-order valence-electron chi connectivity index (χ4n) is 2.26. The van der Waals surface area contributed by atoms with E-state index in [2.05, 4.69) is 10.6 Å². The highest BCUT2D eigenvalue weighted by Crippen LogP contribution is 2.18. The van der Waals surface area contributed by atoms with Crippen LogP contribution in [0, 0.1) is 0 Å². The van der Waals surface area contributed by atoms with Crippen LogP contribution in [-0.2, 0) is 9.59 Å². The summed E-state index contributed by atoms with van der Waals surface area (Å²) in [7, 11) is 1.72. The van der Waals surface area contributed by atoms with Gasteiger partial charge in [0.05, 0.1) is 13.2 Å². The molecule has 6 heteroatoms. The van der Waals surface area contributed by atoms with E-state index in [0.717, 1.165) is 23.5 Å². The molecular formula is C20H25N3O3. The number of hydrogen-bond donors (Lipinski definition) is 2. The Kier molecular flexibility index (Phi) is 7.02. The summed E-state index contributed by atoms with van der Waals surface area (Å²) in [5, 5.41) is 5.90. The van der Waals surface area contributed by atoms with Gasteiger partial charge in [0.1, 0.15) is 5.75 Å². The number of nitrogens with zero attached hydrogens (tertiary/aromatic N) is 1. The van der Waals surface area contributed by atoms with Gasteiger partial charge in [0, 0.05) is 37.1 Å². The van der Waals surface area contributed by atoms with E-state index in [1.165, 1.54) is 6.92 Å². The number of amides is 2. The van der Waals surface area contributed by atoms with Crippen molar-refractivity contribution in [3.63, 3.8) is 0 Å². The average Bonchev–Trinajstić information content (AvgIpc) is 2.64. The molecule has 0 aromatic heterocycles. The Bertz CT molecular complexity index is 744. The molecule has 26 heavy (non-hydrogen) atoms. The van der Waals surface area contributed by atoms with E-state index in [1.807, 2.05) is 49.4 Å².